The Bertz CT molecular complexity index is 332. The number of nitrogens with two attached hydrogens (primary N) is 1. The van der Waals surface area contributed by atoms with Gasteiger partial charge in [-0.3, -0.25) is 0 Å². The quantitative estimate of drug-likeness (QED) is 0.721. The van der Waals surface area contributed by atoms with Gasteiger partial charge in [0.1, 0.15) is 0 Å². The van der Waals surface area contributed by atoms with E-state index in [0.29, 0.717) is 19.0 Å². The smallest absolute Gasteiger partial charge is 0.0994 e. The van der Waals surface area contributed by atoms with Crippen molar-refractivity contribution in [2.24, 2.45) is 11.7 Å². The van der Waals surface area contributed by atoms with Crippen LogP contribution >= 0.6 is 0 Å². The first-order valence-corrected chi connectivity index (χ1v) is 5.55. The molecule has 84 valence electrons. The van der Waals surface area contributed by atoms with Gasteiger partial charge in [0, 0.05) is 6.54 Å². The standard InChI is InChI=1S/C10H18N4O/c1-2-9-8(5-11)12-13-14(9)6-10(15)7-3-4-7/h7,10,15H,2-6,11H2,1H3. The zero-order valence-electron chi connectivity index (χ0n) is 9.06. The summed E-state index contributed by atoms with van der Waals surface area (Å²) in [5.41, 5.74) is 7.46. The average Bonchev–Trinajstić information content (AvgIpc) is 3.01. The monoisotopic (exact) mass is 210 g/mol. The van der Waals surface area contributed by atoms with Gasteiger partial charge in [-0.15, -0.1) is 5.10 Å². The van der Waals surface area contributed by atoms with Crippen molar-refractivity contribution in [2.75, 3.05) is 0 Å². The third-order valence-electron chi connectivity index (χ3n) is 2.97. The number of hydrogen-bond acceptors (Lipinski definition) is 4. The van der Waals surface area contributed by atoms with Crippen LogP contribution < -0.4 is 5.73 Å². The van der Waals surface area contributed by atoms with Crippen LogP contribution in [0.4, 0.5) is 0 Å². The normalized spacial score (nSPS) is 18.1. The summed E-state index contributed by atoms with van der Waals surface area (Å²) < 4.78 is 1.80. The van der Waals surface area contributed by atoms with Crippen molar-refractivity contribution in [1.82, 2.24) is 15.0 Å². The highest BCUT2D eigenvalue weighted by Crippen LogP contribution is 2.33. The summed E-state index contributed by atoms with van der Waals surface area (Å²) >= 11 is 0. The predicted octanol–water partition coefficient (Wildman–Crippen LogP) is 0.0701. The van der Waals surface area contributed by atoms with Gasteiger partial charge in [-0.25, -0.2) is 4.68 Å². The van der Waals surface area contributed by atoms with E-state index in [4.69, 9.17) is 5.73 Å². The van der Waals surface area contributed by atoms with Crippen LogP contribution in [0, 0.1) is 5.92 Å². The van der Waals surface area contributed by atoms with Crippen LogP contribution in [0.25, 0.3) is 0 Å². The van der Waals surface area contributed by atoms with Gasteiger partial charge in [-0.1, -0.05) is 12.1 Å². The maximum absolute atomic E-state index is 9.82. The zero-order chi connectivity index (χ0) is 10.8. The van der Waals surface area contributed by atoms with E-state index in [9.17, 15) is 5.11 Å². The summed E-state index contributed by atoms with van der Waals surface area (Å²) in [5, 5.41) is 17.9. The summed E-state index contributed by atoms with van der Waals surface area (Å²) in [6.45, 7) is 3.03. The second-order valence-electron chi connectivity index (χ2n) is 4.13. The van der Waals surface area contributed by atoms with E-state index < -0.39 is 0 Å². The summed E-state index contributed by atoms with van der Waals surface area (Å²) in [6.07, 6.45) is 2.86. The van der Waals surface area contributed by atoms with Crippen molar-refractivity contribution in [3.8, 4) is 0 Å². The maximum Gasteiger partial charge on any atom is 0.0994 e. The molecule has 0 spiro atoms. The molecule has 1 fully saturated rings. The van der Waals surface area contributed by atoms with E-state index in [1.807, 2.05) is 0 Å². The van der Waals surface area contributed by atoms with Gasteiger partial charge in [-0.05, 0) is 25.2 Å². The van der Waals surface area contributed by atoms with E-state index >= 15 is 0 Å². The van der Waals surface area contributed by atoms with Gasteiger partial charge in [0.05, 0.1) is 24.0 Å². The van der Waals surface area contributed by atoms with Crippen LogP contribution in [0.1, 0.15) is 31.2 Å². The molecule has 0 aromatic carbocycles. The molecular formula is C10H18N4O. The molecule has 1 aliphatic rings. The molecule has 0 bridgehead atoms. The molecule has 5 heteroatoms. The van der Waals surface area contributed by atoms with Crippen LogP contribution in [0.15, 0.2) is 0 Å². The fourth-order valence-corrected chi connectivity index (χ4v) is 1.87. The third-order valence-corrected chi connectivity index (χ3v) is 2.97. The molecule has 0 amide bonds. The molecule has 3 N–H and O–H groups in total. The van der Waals surface area contributed by atoms with E-state index in [1.165, 1.54) is 0 Å². The van der Waals surface area contributed by atoms with Crippen molar-refractivity contribution in [3.05, 3.63) is 11.4 Å². The minimum Gasteiger partial charge on any atom is -0.391 e. The minimum absolute atomic E-state index is 0.275. The lowest BCUT2D eigenvalue weighted by Gasteiger charge is -2.10. The Morgan fingerprint density at radius 3 is 2.87 bits per heavy atom. The third kappa shape index (κ3) is 2.18. The Morgan fingerprint density at radius 1 is 1.60 bits per heavy atom. The Kier molecular flexibility index (Phi) is 3.02. The second-order valence-corrected chi connectivity index (χ2v) is 4.13. The molecule has 0 radical (unpaired) electrons. The molecule has 1 atom stereocenters. The summed E-state index contributed by atoms with van der Waals surface area (Å²) in [4.78, 5) is 0. The van der Waals surface area contributed by atoms with Gasteiger partial charge in [-0.2, -0.15) is 0 Å². The summed E-state index contributed by atoms with van der Waals surface area (Å²) in [6, 6.07) is 0. The van der Waals surface area contributed by atoms with E-state index in [0.717, 1.165) is 30.7 Å². The fourth-order valence-electron chi connectivity index (χ4n) is 1.87. The first kappa shape index (κ1) is 10.6. The van der Waals surface area contributed by atoms with E-state index in [-0.39, 0.29) is 6.10 Å². The number of aliphatic hydroxyl groups excluding tert-OH is 1. The highest BCUT2D eigenvalue weighted by Gasteiger charge is 2.30. The van der Waals surface area contributed by atoms with Crippen molar-refractivity contribution < 1.29 is 5.11 Å². The Hall–Kier alpha value is -0.940. The first-order chi connectivity index (χ1) is 7.26. The fraction of sp³-hybridized carbons (Fsp3) is 0.800. The molecule has 1 aliphatic carbocycles. The number of nitrogens with zero attached hydrogens (tertiary/aromatic N) is 3. The number of aliphatic hydroxyl groups is 1. The summed E-state index contributed by atoms with van der Waals surface area (Å²) in [7, 11) is 0. The SMILES string of the molecule is CCc1c(CN)nnn1CC(O)C1CC1. The predicted molar refractivity (Wildman–Crippen MR) is 56.0 cm³/mol. The number of hydrogen-bond donors (Lipinski definition) is 2. The number of aromatic nitrogens is 3. The minimum atomic E-state index is -0.275. The molecule has 15 heavy (non-hydrogen) atoms. The van der Waals surface area contributed by atoms with Crippen molar-refractivity contribution >= 4 is 0 Å². The maximum atomic E-state index is 9.82. The molecule has 1 unspecified atom stereocenters. The Morgan fingerprint density at radius 2 is 2.33 bits per heavy atom. The van der Waals surface area contributed by atoms with Gasteiger partial charge in [0.25, 0.3) is 0 Å². The van der Waals surface area contributed by atoms with E-state index in [1.54, 1.807) is 4.68 Å². The van der Waals surface area contributed by atoms with Crippen molar-refractivity contribution in [3.63, 3.8) is 0 Å². The van der Waals surface area contributed by atoms with Crippen LogP contribution in [0.5, 0.6) is 0 Å². The lowest BCUT2D eigenvalue weighted by molar-refractivity contribution is 0.125. The largest absolute Gasteiger partial charge is 0.391 e. The Labute approximate surface area is 89.3 Å². The Balaban J connectivity index is 2.09. The average molecular weight is 210 g/mol. The molecule has 2 rings (SSSR count). The van der Waals surface area contributed by atoms with E-state index in [2.05, 4.69) is 17.2 Å². The highest BCUT2D eigenvalue weighted by atomic mass is 16.3. The van der Waals surface area contributed by atoms with Crippen LogP contribution in [-0.2, 0) is 19.5 Å². The molecule has 1 aromatic heterocycles. The van der Waals surface area contributed by atoms with Gasteiger partial charge < -0.3 is 10.8 Å². The lowest BCUT2D eigenvalue weighted by atomic mass is 10.2. The van der Waals surface area contributed by atoms with Gasteiger partial charge >= 0.3 is 0 Å². The highest BCUT2D eigenvalue weighted by molar-refractivity contribution is 5.09. The lowest BCUT2D eigenvalue weighted by Crippen LogP contribution is -2.20. The van der Waals surface area contributed by atoms with Gasteiger partial charge in [0.15, 0.2) is 0 Å². The van der Waals surface area contributed by atoms with Crippen LogP contribution in [-0.4, -0.2) is 26.2 Å². The van der Waals surface area contributed by atoms with Gasteiger partial charge in [0.2, 0.25) is 0 Å². The molecule has 1 heterocycles. The summed E-state index contributed by atoms with van der Waals surface area (Å²) in [5.74, 6) is 0.472. The second kappa shape index (κ2) is 4.28. The first-order valence-electron chi connectivity index (χ1n) is 5.55. The number of rotatable bonds is 5. The van der Waals surface area contributed by atoms with Crippen LogP contribution in [0.2, 0.25) is 0 Å². The van der Waals surface area contributed by atoms with Crippen molar-refractivity contribution in [2.45, 2.75) is 45.4 Å². The zero-order valence-corrected chi connectivity index (χ0v) is 9.06. The molecule has 1 aromatic rings. The molecule has 1 saturated carbocycles. The molecular weight excluding hydrogens is 192 g/mol. The molecule has 0 saturated heterocycles. The molecule has 5 nitrogen and oxygen atoms in total. The van der Waals surface area contributed by atoms with Crippen molar-refractivity contribution in [1.29, 1.82) is 0 Å². The van der Waals surface area contributed by atoms with Crippen LogP contribution in [0.3, 0.4) is 0 Å². The topological polar surface area (TPSA) is 77.0 Å². The molecule has 0 aliphatic heterocycles.